The molecule has 2 fully saturated rings. The van der Waals surface area contributed by atoms with Crippen LogP contribution in [-0.2, 0) is 9.53 Å². The molecule has 2 heterocycles. The van der Waals surface area contributed by atoms with Gasteiger partial charge < -0.3 is 15.4 Å². The van der Waals surface area contributed by atoms with Gasteiger partial charge in [0.15, 0.2) is 0 Å². The van der Waals surface area contributed by atoms with E-state index in [1.165, 1.54) is 18.3 Å². The van der Waals surface area contributed by atoms with E-state index in [1.807, 2.05) is 13.8 Å². The van der Waals surface area contributed by atoms with Crippen molar-refractivity contribution >= 4 is 23.2 Å². The van der Waals surface area contributed by atoms with Crippen molar-refractivity contribution in [1.82, 2.24) is 15.6 Å². The summed E-state index contributed by atoms with van der Waals surface area (Å²) in [6, 6.07) is -0.191. The van der Waals surface area contributed by atoms with E-state index >= 15 is 0 Å². The van der Waals surface area contributed by atoms with Crippen molar-refractivity contribution in [3.8, 4) is 0 Å². The second-order valence-electron chi connectivity index (χ2n) is 5.66. The van der Waals surface area contributed by atoms with Crippen LogP contribution in [0.25, 0.3) is 0 Å². The fourth-order valence-electron chi connectivity index (χ4n) is 3.27. The molecule has 3 rings (SSSR count). The van der Waals surface area contributed by atoms with Crippen molar-refractivity contribution in [2.24, 2.45) is 5.92 Å². The third-order valence-corrected chi connectivity index (χ3v) is 5.23. The number of nitrogens with zero attached hydrogens (tertiary/aromatic N) is 1. The van der Waals surface area contributed by atoms with Gasteiger partial charge in [0.25, 0.3) is 5.91 Å². The first-order chi connectivity index (χ1) is 9.97. The molecule has 1 saturated carbocycles. The summed E-state index contributed by atoms with van der Waals surface area (Å²) in [6.07, 6.45) is 0.954. The molecule has 0 bridgehead atoms. The number of aryl methyl sites for hydroxylation is 2. The highest BCUT2D eigenvalue weighted by atomic mass is 32.1. The number of thiazole rings is 1. The zero-order valence-corrected chi connectivity index (χ0v) is 13.1. The number of hydrogen-bond acceptors (Lipinski definition) is 5. The Morgan fingerprint density at radius 2 is 2.05 bits per heavy atom. The molecule has 1 aromatic rings. The van der Waals surface area contributed by atoms with E-state index < -0.39 is 0 Å². The first-order valence-electron chi connectivity index (χ1n) is 7.11. The van der Waals surface area contributed by atoms with Crippen molar-refractivity contribution in [3.63, 3.8) is 0 Å². The molecule has 1 aliphatic carbocycles. The number of ether oxygens (including phenoxy) is 1. The third-order valence-electron chi connectivity index (χ3n) is 4.16. The van der Waals surface area contributed by atoms with E-state index in [9.17, 15) is 9.59 Å². The van der Waals surface area contributed by atoms with E-state index in [2.05, 4.69) is 15.6 Å². The number of aromatic nitrogens is 1. The van der Waals surface area contributed by atoms with Crippen LogP contribution in [0.4, 0.5) is 0 Å². The molecule has 1 saturated heterocycles. The fraction of sp³-hybridized carbons (Fsp3) is 0.643. The predicted octanol–water partition coefficient (Wildman–Crippen LogP) is 0.782. The first kappa shape index (κ1) is 14.5. The lowest BCUT2D eigenvalue weighted by Crippen LogP contribution is -2.70. The topological polar surface area (TPSA) is 80.3 Å². The van der Waals surface area contributed by atoms with Gasteiger partial charge in [-0.15, -0.1) is 11.3 Å². The number of fused-ring (bicyclic) bond motifs is 1. The first-order valence-corrected chi connectivity index (χ1v) is 7.92. The van der Waals surface area contributed by atoms with Crippen LogP contribution in [0, 0.1) is 19.8 Å². The standard InChI is InChI=1S/C14H19N3O3S/c1-6-13(21-8(3)15-6)14(19)17-10-9-4-5-20-12(9)11(10)16-7(2)18/h9-12H,4-5H2,1-3H3,(H,16,18)(H,17,19)/t9-,10+,11-,12-/m1/s1. The van der Waals surface area contributed by atoms with Crippen molar-refractivity contribution in [2.45, 2.75) is 45.4 Å². The third kappa shape index (κ3) is 2.55. The minimum atomic E-state index is -0.131. The highest BCUT2D eigenvalue weighted by Gasteiger charge is 2.55. The lowest BCUT2D eigenvalue weighted by molar-refractivity contribution is -0.123. The van der Waals surface area contributed by atoms with Crippen LogP contribution in [0.1, 0.15) is 33.7 Å². The summed E-state index contributed by atoms with van der Waals surface area (Å²) in [6.45, 7) is 5.90. The Morgan fingerprint density at radius 3 is 2.67 bits per heavy atom. The predicted molar refractivity (Wildman–Crippen MR) is 78.3 cm³/mol. The van der Waals surface area contributed by atoms with Crippen LogP contribution in [0.15, 0.2) is 0 Å². The summed E-state index contributed by atoms with van der Waals surface area (Å²) in [5.74, 6) is 0.0851. The summed E-state index contributed by atoms with van der Waals surface area (Å²) in [5, 5.41) is 6.82. The Bertz CT molecular complexity index is 586. The molecule has 0 spiro atoms. The van der Waals surface area contributed by atoms with Gasteiger partial charge in [-0.2, -0.15) is 0 Å². The van der Waals surface area contributed by atoms with Gasteiger partial charge in [0.1, 0.15) is 4.88 Å². The molecule has 0 radical (unpaired) electrons. The van der Waals surface area contributed by atoms with Gasteiger partial charge in [-0.1, -0.05) is 0 Å². The largest absolute Gasteiger partial charge is 0.376 e. The Hall–Kier alpha value is -1.47. The highest BCUT2D eigenvalue weighted by molar-refractivity contribution is 7.13. The van der Waals surface area contributed by atoms with Crippen LogP contribution in [0.5, 0.6) is 0 Å². The zero-order chi connectivity index (χ0) is 15.1. The summed E-state index contributed by atoms with van der Waals surface area (Å²) in [5.41, 5.74) is 0.754. The molecule has 2 aliphatic rings. The normalized spacial score (nSPS) is 30.4. The van der Waals surface area contributed by atoms with Crippen molar-refractivity contribution in [2.75, 3.05) is 6.61 Å². The lowest BCUT2D eigenvalue weighted by Gasteiger charge is -2.47. The average molecular weight is 309 g/mol. The minimum absolute atomic E-state index is 0.0310. The van der Waals surface area contributed by atoms with E-state index in [1.54, 1.807) is 0 Å². The van der Waals surface area contributed by atoms with Gasteiger partial charge in [-0.25, -0.2) is 4.98 Å². The van der Waals surface area contributed by atoms with Crippen LogP contribution in [0.3, 0.4) is 0 Å². The average Bonchev–Trinajstić information content (AvgIpc) is 2.97. The molecular formula is C14H19N3O3S. The maximum Gasteiger partial charge on any atom is 0.263 e. The number of amides is 2. The van der Waals surface area contributed by atoms with Crippen molar-refractivity contribution in [1.29, 1.82) is 0 Å². The smallest absolute Gasteiger partial charge is 0.263 e. The Labute approximate surface area is 127 Å². The molecular weight excluding hydrogens is 290 g/mol. The van der Waals surface area contributed by atoms with Crippen molar-refractivity contribution in [3.05, 3.63) is 15.6 Å². The summed E-state index contributed by atoms with van der Waals surface area (Å²) in [7, 11) is 0. The number of carbonyl (C=O) groups is 2. The maximum atomic E-state index is 12.4. The van der Waals surface area contributed by atoms with E-state index in [4.69, 9.17) is 4.74 Å². The number of hydrogen-bond donors (Lipinski definition) is 2. The van der Waals surface area contributed by atoms with Gasteiger partial charge >= 0.3 is 0 Å². The number of nitrogens with one attached hydrogen (secondary N) is 2. The Morgan fingerprint density at radius 1 is 1.29 bits per heavy atom. The monoisotopic (exact) mass is 309 g/mol. The molecule has 1 aromatic heterocycles. The maximum absolute atomic E-state index is 12.4. The molecule has 4 atom stereocenters. The fourth-order valence-corrected chi connectivity index (χ4v) is 4.09. The van der Waals surface area contributed by atoms with Gasteiger partial charge in [-0.05, 0) is 20.3 Å². The van der Waals surface area contributed by atoms with Gasteiger partial charge in [-0.3, -0.25) is 9.59 Å². The number of rotatable bonds is 3. The summed E-state index contributed by atoms with van der Waals surface area (Å²) < 4.78 is 5.63. The molecule has 21 heavy (non-hydrogen) atoms. The zero-order valence-electron chi connectivity index (χ0n) is 12.3. The van der Waals surface area contributed by atoms with Crippen LogP contribution in [-0.4, -0.2) is 41.6 Å². The van der Waals surface area contributed by atoms with Gasteiger partial charge in [0.2, 0.25) is 5.91 Å². The number of carbonyl (C=O) groups excluding carboxylic acids is 2. The van der Waals surface area contributed by atoms with E-state index in [0.717, 1.165) is 17.1 Å². The molecule has 2 N–H and O–H groups in total. The molecule has 0 aromatic carbocycles. The summed E-state index contributed by atoms with van der Waals surface area (Å²) >= 11 is 1.40. The molecule has 1 aliphatic heterocycles. The van der Waals surface area contributed by atoms with E-state index in [-0.39, 0.29) is 30.0 Å². The SMILES string of the molecule is CC(=O)N[C@@H]1[C@@H](NC(=O)c2sc(C)nc2C)[C@H]2CCO[C@H]21. The van der Waals surface area contributed by atoms with Crippen molar-refractivity contribution < 1.29 is 14.3 Å². The Kier molecular flexibility index (Phi) is 3.71. The molecule has 0 unspecified atom stereocenters. The lowest BCUT2D eigenvalue weighted by atomic mass is 9.71. The van der Waals surface area contributed by atoms with Crippen LogP contribution < -0.4 is 10.6 Å². The van der Waals surface area contributed by atoms with Crippen LogP contribution >= 0.6 is 11.3 Å². The minimum Gasteiger partial charge on any atom is -0.376 e. The molecule has 6 nitrogen and oxygen atoms in total. The van der Waals surface area contributed by atoms with Crippen LogP contribution in [0.2, 0.25) is 0 Å². The van der Waals surface area contributed by atoms with Gasteiger partial charge in [0.05, 0.1) is 28.9 Å². The highest BCUT2D eigenvalue weighted by Crippen LogP contribution is 2.39. The van der Waals surface area contributed by atoms with Gasteiger partial charge in [0, 0.05) is 19.4 Å². The molecule has 114 valence electrons. The molecule has 2 amide bonds. The van der Waals surface area contributed by atoms with E-state index in [0.29, 0.717) is 17.4 Å². The second-order valence-corrected chi connectivity index (χ2v) is 6.86. The summed E-state index contributed by atoms with van der Waals surface area (Å²) in [4.78, 5) is 28.6. The second kappa shape index (κ2) is 5.38. The Balaban J connectivity index is 1.72. The quantitative estimate of drug-likeness (QED) is 0.865. The molecule has 7 heteroatoms.